The first-order valence-corrected chi connectivity index (χ1v) is 8.61. The molecular formula is C20H24N2O5. The molecule has 2 aromatic carbocycles. The maximum Gasteiger partial charge on any atom is 0.269 e. The molecule has 0 radical (unpaired) electrons. The predicted molar refractivity (Wildman–Crippen MR) is 101 cm³/mol. The average molecular weight is 372 g/mol. The second-order valence-electron chi connectivity index (χ2n) is 5.61. The number of hydrogen-bond donors (Lipinski definition) is 2. The summed E-state index contributed by atoms with van der Waals surface area (Å²) in [5.41, 5.74) is 6.09. The molecule has 0 aliphatic rings. The predicted octanol–water partition coefficient (Wildman–Crippen LogP) is 2.50. The Morgan fingerprint density at radius 2 is 1.70 bits per heavy atom. The third-order valence-electron chi connectivity index (χ3n) is 3.85. The molecule has 0 aliphatic heterocycles. The van der Waals surface area contributed by atoms with Gasteiger partial charge in [-0.15, -0.1) is 0 Å². The zero-order valence-corrected chi connectivity index (χ0v) is 15.7. The first kappa shape index (κ1) is 20.1. The quantitative estimate of drug-likeness (QED) is 0.696. The van der Waals surface area contributed by atoms with E-state index in [2.05, 4.69) is 10.9 Å². The molecule has 2 aromatic rings. The van der Waals surface area contributed by atoms with E-state index in [9.17, 15) is 9.59 Å². The Morgan fingerprint density at radius 3 is 2.33 bits per heavy atom. The Balaban J connectivity index is 1.85. The Bertz CT molecular complexity index is 774. The van der Waals surface area contributed by atoms with Gasteiger partial charge in [-0.2, -0.15) is 0 Å². The zero-order chi connectivity index (χ0) is 19.6. The minimum Gasteiger partial charge on any atom is -0.494 e. The number of rotatable bonds is 8. The summed E-state index contributed by atoms with van der Waals surface area (Å²) in [6, 6.07) is 12.2. The number of nitrogens with one attached hydrogen (secondary N) is 2. The molecule has 0 saturated carbocycles. The molecule has 7 nitrogen and oxygen atoms in total. The number of ether oxygens (including phenoxy) is 3. The van der Waals surface area contributed by atoms with Gasteiger partial charge in [0.2, 0.25) is 5.91 Å². The molecule has 0 fully saturated rings. The number of methoxy groups -OCH3 is 2. The number of amides is 2. The first-order valence-electron chi connectivity index (χ1n) is 8.61. The lowest BCUT2D eigenvalue weighted by Crippen LogP contribution is -2.41. The number of aryl methyl sites for hydroxylation is 1. The Labute approximate surface area is 158 Å². The third kappa shape index (κ3) is 5.64. The van der Waals surface area contributed by atoms with Gasteiger partial charge in [0, 0.05) is 12.0 Å². The van der Waals surface area contributed by atoms with Crippen molar-refractivity contribution in [1.82, 2.24) is 10.9 Å². The third-order valence-corrected chi connectivity index (χ3v) is 3.85. The van der Waals surface area contributed by atoms with Gasteiger partial charge in [0.05, 0.1) is 20.8 Å². The molecule has 27 heavy (non-hydrogen) atoms. The van der Waals surface area contributed by atoms with Gasteiger partial charge in [-0.25, -0.2) is 0 Å². The van der Waals surface area contributed by atoms with Crippen LogP contribution in [0.4, 0.5) is 0 Å². The van der Waals surface area contributed by atoms with Gasteiger partial charge in [0.15, 0.2) is 11.5 Å². The Kier molecular flexibility index (Phi) is 7.49. The van der Waals surface area contributed by atoms with Gasteiger partial charge in [-0.1, -0.05) is 12.1 Å². The molecule has 0 spiro atoms. The van der Waals surface area contributed by atoms with Crippen molar-refractivity contribution in [3.05, 3.63) is 53.6 Å². The van der Waals surface area contributed by atoms with Gasteiger partial charge in [-0.3, -0.25) is 20.4 Å². The van der Waals surface area contributed by atoms with E-state index in [0.29, 0.717) is 35.8 Å². The number of hydrogen-bond acceptors (Lipinski definition) is 5. The number of benzene rings is 2. The largest absolute Gasteiger partial charge is 0.494 e. The first-order chi connectivity index (χ1) is 13.1. The SMILES string of the molecule is CCOc1ccc(C(=O)NNC(=O)CCc2cccc(OC)c2OC)cc1. The summed E-state index contributed by atoms with van der Waals surface area (Å²) in [5.74, 6) is 1.19. The van der Waals surface area contributed by atoms with Gasteiger partial charge in [-0.05, 0) is 49.2 Å². The van der Waals surface area contributed by atoms with E-state index >= 15 is 0 Å². The number of carbonyl (C=O) groups is 2. The normalized spacial score (nSPS) is 10.0. The molecule has 0 saturated heterocycles. The van der Waals surface area contributed by atoms with Crippen molar-refractivity contribution in [2.45, 2.75) is 19.8 Å². The van der Waals surface area contributed by atoms with E-state index < -0.39 is 5.91 Å². The molecule has 0 atom stereocenters. The molecular weight excluding hydrogens is 348 g/mol. The Hall–Kier alpha value is -3.22. The highest BCUT2D eigenvalue weighted by molar-refractivity contribution is 5.95. The summed E-state index contributed by atoms with van der Waals surface area (Å²) in [5, 5.41) is 0. The minimum atomic E-state index is -0.398. The van der Waals surface area contributed by atoms with Crippen molar-refractivity contribution < 1.29 is 23.8 Å². The van der Waals surface area contributed by atoms with Crippen LogP contribution in [0.25, 0.3) is 0 Å². The molecule has 0 aliphatic carbocycles. The summed E-state index contributed by atoms with van der Waals surface area (Å²) in [6.45, 7) is 2.44. The second kappa shape index (κ2) is 10.1. The lowest BCUT2D eigenvalue weighted by Gasteiger charge is -2.12. The molecule has 2 rings (SSSR count). The average Bonchev–Trinajstić information content (AvgIpc) is 2.70. The highest BCUT2D eigenvalue weighted by atomic mass is 16.5. The van der Waals surface area contributed by atoms with Crippen LogP contribution in [-0.4, -0.2) is 32.6 Å². The number of carbonyl (C=O) groups excluding carboxylic acids is 2. The monoisotopic (exact) mass is 372 g/mol. The molecule has 0 aromatic heterocycles. The van der Waals surface area contributed by atoms with Gasteiger partial charge < -0.3 is 14.2 Å². The fraction of sp³-hybridized carbons (Fsp3) is 0.300. The van der Waals surface area contributed by atoms with Crippen LogP contribution in [0.3, 0.4) is 0 Å². The number of hydrazine groups is 1. The summed E-state index contributed by atoms with van der Waals surface area (Å²) in [6.07, 6.45) is 0.637. The number of para-hydroxylation sites is 1. The van der Waals surface area contributed by atoms with Crippen molar-refractivity contribution in [3.63, 3.8) is 0 Å². The van der Waals surface area contributed by atoms with E-state index in [1.807, 2.05) is 19.1 Å². The standard InChI is InChI=1S/C20H24N2O5/c1-4-27-16-11-8-15(9-12-16)20(24)22-21-18(23)13-10-14-6-5-7-17(25-2)19(14)26-3/h5-9,11-12H,4,10,13H2,1-3H3,(H,21,23)(H,22,24). The zero-order valence-electron chi connectivity index (χ0n) is 15.7. The highest BCUT2D eigenvalue weighted by Crippen LogP contribution is 2.31. The van der Waals surface area contributed by atoms with E-state index in [0.717, 1.165) is 5.56 Å². The summed E-state index contributed by atoms with van der Waals surface area (Å²) in [4.78, 5) is 24.1. The highest BCUT2D eigenvalue weighted by Gasteiger charge is 2.12. The van der Waals surface area contributed by atoms with Crippen LogP contribution in [0.2, 0.25) is 0 Å². The van der Waals surface area contributed by atoms with Crippen molar-refractivity contribution in [2.75, 3.05) is 20.8 Å². The topological polar surface area (TPSA) is 85.9 Å². The van der Waals surface area contributed by atoms with Crippen LogP contribution < -0.4 is 25.1 Å². The molecule has 144 valence electrons. The summed E-state index contributed by atoms with van der Waals surface area (Å²) < 4.78 is 15.9. The van der Waals surface area contributed by atoms with Crippen LogP contribution >= 0.6 is 0 Å². The minimum absolute atomic E-state index is 0.188. The Morgan fingerprint density at radius 1 is 0.963 bits per heavy atom. The molecule has 0 unspecified atom stereocenters. The van der Waals surface area contributed by atoms with Gasteiger partial charge in [0.1, 0.15) is 5.75 Å². The summed E-state index contributed by atoms with van der Waals surface area (Å²) >= 11 is 0. The lowest BCUT2D eigenvalue weighted by molar-refractivity contribution is -0.121. The van der Waals surface area contributed by atoms with Crippen molar-refractivity contribution in [3.8, 4) is 17.2 Å². The van der Waals surface area contributed by atoms with Crippen molar-refractivity contribution >= 4 is 11.8 Å². The smallest absolute Gasteiger partial charge is 0.269 e. The molecule has 0 bridgehead atoms. The fourth-order valence-electron chi connectivity index (χ4n) is 2.53. The maximum atomic E-state index is 12.1. The second-order valence-corrected chi connectivity index (χ2v) is 5.61. The van der Waals surface area contributed by atoms with E-state index in [4.69, 9.17) is 14.2 Å². The maximum absolute atomic E-state index is 12.1. The fourth-order valence-corrected chi connectivity index (χ4v) is 2.53. The van der Waals surface area contributed by atoms with Crippen LogP contribution in [0.1, 0.15) is 29.3 Å². The van der Waals surface area contributed by atoms with Gasteiger partial charge in [0.25, 0.3) is 5.91 Å². The molecule has 2 amide bonds. The van der Waals surface area contributed by atoms with Crippen LogP contribution in [0.15, 0.2) is 42.5 Å². The summed E-state index contributed by atoms with van der Waals surface area (Å²) in [7, 11) is 3.11. The molecule has 2 N–H and O–H groups in total. The van der Waals surface area contributed by atoms with Crippen LogP contribution in [0.5, 0.6) is 17.2 Å². The van der Waals surface area contributed by atoms with E-state index in [-0.39, 0.29) is 12.3 Å². The molecule has 7 heteroatoms. The van der Waals surface area contributed by atoms with Crippen LogP contribution in [0, 0.1) is 0 Å². The van der Waals surface area contributed by atoms with Crippen molar-refractivity contribution in [2.24, 2.45) is 0 Å². The lowest BCUT2D eigenvalue weighted by atomic mass is 10.1. The van der Waals surface area contributed by atoms with Crippen molar-refractivity contribution in [1.29, 1.82) is 0 Å². The van der Waals surface area contributed by atoms with Gasteiger partial charge >= 0.3 is 0 Å². The molecule has 0 heterocycles. The van der Waals surface area contributed by atoms with Crippen LogP contribution in [-0.2, 0) is 11.2 Å². The van der Waals surface area contributed by atoms with E-state index in [1.54, 1.807) is 44.6 Å². The van der Waals surface area contributed by atoms with E-state index in [1.165, 1.54) is 0 Å².